The van der Waals surface area contributed by atoms with Crippen molar-refractivity contribution in [3.05, 3.63) is 75.9 Å². The third kappa shape index (κ3) is 2.82. The lowest BCUT2D eigenvalue weighted by molar-refractivity contribution is 0.102. The minimum absolute atomic E-state index is 0.0463. The molecule has 1 N–H and O–H groups in total. The van der Waals surface area contributed by atoms with E-state index in [1.54, 1.807) is 36.4 Å². The van der Waals surface area contributed by atoms with Crippen molar-refractivity contribution in [2.45, 2.75) is 13.8 Å². The Morgan fingerprint density at radius 2 is 1.69 bits per heavy atom. The molecule has 0 bridgehead atoms. The van der Waals surface area contributed by atoms with E-state index in [9.17, 15) is 9.59 Å². The van der Waals surface area contributed by atoms with Gasteiger partial charge in [-0.15, -0.1) is 0 Å². The number of fused-ring (bicyclic) bond motifs is 2. The van der Waals surface area contributed by atoms with Crippen LogP contribution in [0.3, 0.4) is 0 Å². The molecule has 2 aromatic heterocycles. The summed E-state index contributed by atoms with van der Waals surface area (Å²) in [5, 5.41) is 3.41. The Morgan fingerprint density at radius 3 is 2.50 bits per heavy atom. The smallest absolute Gasteiger partial charge is 0.349 e. The molecule has 6 nitrogen and oxygen atoms in total. The first-order valence-electron chi connectivity index (χ1n) is 8.10. The van der Waals surface area contributed by atoms with Crippen LogP contribution in [0.1, 0.15) is 21.7 Å². The molecule has 0 saturated heterocycles. The first-order valence-corrected chi connectivity index (χ1v) is 8.10. The van der Waals surface area contributed by atoms with E-state index in [-0.39, 0.29) is 5.56 Å². The summed E-state index contributed by atoms with van der Waals surface area (Å²) in [6.45, 7) is 3.78. The van der Waals surface area contributed by atoms with Gasteiger partial charge in [-0.1, -0.05) is 18.2 Å². The number of aryl methyl sites for hydroxylation is 2. The number of aromatic nitrogens is 2. The lowest BCUT2D eigenvalue weighted by Gasteiger charge is -2.07. The van der Waals surface area contributed by atoms with Gasteiger partial charge >= 0.3 is 5.63 Å². The number of hydrogen-bond donors (Lipinski definition) is 1. The molecule has 128 valence electrons. The number of rotatable bonds is 2. The number of anilines is 1. The topological polar surface area (TPSA) is 85.1 Å². The first-order chi connectivity index (χ1) is 12.5. The van der Waals surface area contributed by atoms with Gasteiger partial charge in [-0.25, -0.2) is 14.8 Å². The van der Waals surface area contributed by atoms with E-state index >= 15 is 0 Å². The maximum Gasteiger partial charge on any atom is 0.349 e. The third-order valence-electron chi connectivity index (χ3n) is 4.22. The highest BCUT2D eigenvalue weighted by Gasteiger charge is 2.14. The summed E-state index contributed by atoms with van der Waals surface area (Å²) < 4.78 is 5.21. The zero-order valence-electron chi connectivity index (χ0n) is 14.2. The molecule has 2 aromatic carbocycles. The Bertz CT molecular complexity index is 1230. The van der Waals surface area contributed by atoms with Crippen LogP contribution < -0.4 is 10.9 Å². The quantitative estimate of drug-likeness (QED) is 0.561. The largest absolute Gasteiger partial charge is 0.422 e. The predicted molar refractivity (Wildman–Crippen MR) is 99.4 cm³/mol. The summed E-state index contributed by atoms with van der Waals surface area (Å²) >= 11 is 0. The molecular formula is C20H15N3O3. The van der Waals surface area contributed by atoms with Gasteiger partial charge in [0.2, 0.25) is 0 Å². The fourth-order valence-corrected chi connectivity index (χ4v) is 2.73. The molecule has 0 aliphatic heterocycles. The number of benzene rings is 2. The first kappa shape index (κ1) is 16.0. The van der Waals surface area contributed by atoms with Gasteiger partial charge in [-0.05, 0) is 44.2 Å². The Balaban J connectivity index is 1.70. The highest BCUT2D eigenvalue weighted by molar-refractivity contribution is 6.06. The van der Waals surface area contributed by atoms with Gasteiger partial charge < -0.3 is 9.73 Å². The number of nitrogens with zero attached hydrogens (tertiary/aromatic N) is 2. The summed E-state index contributed by atoms with van der Waals surface area (Å²) in [6, 6.07) is 13.8. The van der Waals surface area contributed by atoms with Gasteiger partial charge in [-0.2, -0.15) is 0 Å². The highest BCUT2D eigenvalue weighted by atomic mass is 16.4. The summed E-state index contributed by atoms with van der Waals surface area (Å²) in [5.74, 6) is -0.527. The molecule has 1 amide bonds. The van der Waals surface area contributed by atoms with Crippen molar-refractivity contribution in [2.24, 2.45) is 0 Å². The monoisotopic (exact) mass is 345 g/mol. The number of hydrogen-bond acceptors (Lipinski definition) is 5. The molecule has 26 heavy (non-hydrogen) atoms. The molecule has 0 unspecified atom stereocenters. The molecule has 4 rings (SSSR count). The predicted octanol–water partition coefficient (Wildman–Crippen LogP) is 3.61. The van der Waals surface area contributed by atoms with Gasteiger partial charge in [0.05, 0.1) is 22.4 Å². The number of carbonyl (C=O) groups is 1. The van der Waals surface area contributed by atoms with E-state index in [0.29, 0.717) is 22.2 Å². The van der Waals surface area contributed by atoms with E-state index in [4.69, 9.17) is 4.42 Å². The van der Waals surface area contributed by atoms with Gasteiger partial charge in [0.1, 0.15) is 11.1 Å². The van der Waals surface area contributed by atoms with E-state index in [1.807, 2.05) is 19.9 Å². The van der Waals surface area contributed by atoms with E-state index < -0.39 is 11.5 Å². The van der Waals surface area contributed by atoms with Crippen LogP contribution in [0.25, 0.3) is 22.0 Å². The van der Waals surface area contributed by atoms with Gasteiger partial charge in [0.25, 0.3) is 5.91 Å². The number of carbonyl (C=O) groups excluding carboxylic acids is 1. The number of amides is 1. The molecule has 0 aliphatic carbocycles. The normalized spacial score (nSPS) is 11.0. The zero-order chi connectivity index (χ0) is 18.3. The standard InChI is InChI=1S/C20H15N3O3/c1-11-12(2)22-17-10-14(7-8-16(17)21-11)23-19(24)15-9-13-5-3-4-6-18(13)26-20(15)25/h3-10H,1-2H3,(H,23,24). The minimum Gasteiger partial charge on any atom is -0.422 e. The second-order valence-corrected chi connectivity index (χ2v) is 6.04. The van der Waals surface area contributed by atoms with Crippen molar-refractivity contribution in [1.82, 2.24) is 9.97 Å². The van der Waals surface area contributed by atoms with Crippen molar-refractivity contribution >= 4 is 33.6 Å². The van der Waals surface area contributed by atoms with Crippen LogP contribution >= 0.6 is 0 Å². The van der Waals surface area contributed by atoms with Crippen molar-refractivity contribution in [3.63, 3.8) is 0 Å². The minimum atomic E-state index is -0.673. The molecule has 0 atom stereocenters. The van der Waals surface area contributed by atoms with Crippen LogP contribution in [0, 0.1) is 13.8 Å². The lowest BCUT2D eigenvalue weighted by atomic mass is 10.1. The highest BCUT2D eigenvalue weighted by Crippen LogP contribution is 2.19. The molecule has 0 radical (unpaired) electrons. The molecule has 0 saturated carbocycles. The third-order valence-corrected chi connectivity index (χ3v) is 4.22. The molecule has 2 heterocycles. The van der Waals surface area contributed by atoms with Crippen molar-refractivity contribution in [2.75, 3.05) is 5.32 Å². The summed E-state index contributed by atoms with van der Waals surface area (Å²) in [7, 11) is 0. The second-order valence-electron chi connectivity index (χ2n) is 6.04. The second kappa shape index (κ2) is 6.07. The van der Waals surface area contributed by atoms with E-state index in [0.717, 1.165) is 16.9 Å². The maximum absolute atomic E-state index is 12.5. The maximum atomic E-state index is 12.5. The Morgan fingerprint density at radius 1 is 0.962 bits per heavy atom. The SMILES string of the molecule is Cc1nc2ccc(NC(=O)c3cc4ccccc4oc3=O)cc2nc1C. The molecular weight excluding hydrogens is 330 g/mol. The Kier molecular flexibility index (Phi) is 3.73. The molecule has 0 aliphatic rings. The van der Waals surface area contributed by atoms with Crippen LogP contribution in [0.15, 0.2) is 57.7 Å². The fraction of sp³-hybridized carbons (Fsp3) is 0.100. The Hall–Kier alpha value is -3.54. The van der Waals surface area contributed by atoms with E-state index in [2.05, 4.69) is 15.3 Å². The van der Waals surface area contributed by atoms with Crippen LogP contribution in [-0.2, 0) is 0 Å². The summed E-state index contributed by atoms with van der Waals surface area (Å²) in [6.07, 6.45) is 0. The fourth-order valence-electron chi connectivity index (χ4n) is 2.73. The van der Waals surface area contributed by atoms with Gasteiger partial charge in [0, 0.05) is 11.1 Å². The molecule has 6 heteroatoms. The van der Waals surface area contributed by atoms with Crippen LogP contribution in [-0.4, -0.2) is 15.9 Å². The molecule has 0 fully saturated rings. The molecule has 0 spiro atoms. The Labute approximate surface area is 148 Å². The summed E-state index contributed by atoms with van der Waals surface area (Å²) in [5.41, 5.74) is 3.38. The van der Waals surface area contributed by atoms with E-state index in [1.165, 1.54) is 6.07 Å². The van der Waals surface area contributed by atoms with Crippen LogP contribution in [0.4, 0.5) is 5.69 Å². The number of para-hydroxylation sites is 1. The number of nitrogens with one attached hydrogen (secondary N) is 1. The lowest BCUT2D eigenvalue weighted by Crippen LogP contribution is -2.20. The van der Waals surface area contributed by atoms with Crippen molar-refractivity contribution < 1.29 is 9.21 Å². The van der Waals surface area contributed by atoms with Crippen LogP contribution in [0.5, 0.6) is 0 Å². The summed E-state index contributed by atoms with van der Waals surface area (Å²) in [4.78, 5) is 33.6. The zero-order valence-corrected chi connectivity index (χ0v) is 14.2. The van der Waals surface area contributed by atoms with Crippen molar-refractivity contribution in [3.8, 4) is 0 Å². The van der Waals surface area contributed by atoms with Crippen LogP contribution in [0.2, 0.25) is 0 Å². The van der Waals surface area contributed by atoms with Crippen molar-refractivity contribution in [1.29, 1.82) is 0 Å². The average molecular weight is 345 g/mol. The van der Waals surface area contributed by atoms with Gasteiger partial charge in [0.15, 0.2) is 0 Å². The van der Waals surface area contributed by atoms with Gasteiger partial charge in [-0.3, -0.25) is 4.79 Å². The average Bonchev–Trinajstić information content (AvgIpc) is 2.62. The molecule has 4 aromatic rings.